The van der Waals surface area contributed by atoms with Crippen molar-refractivity contribution >= 4 is 34.2 Å². The van der Waals surface area contributed by atoms with E-state index in [0.29, 0.717) is 22.5 Å². The van der Waals surface area contributed by atoms with Gasteiger partial charge in [-0.1, -0.05) is 23.7 Å². The molecule has 0 aliphatic rings. The molecule has 0 amide bonds. The molecule has 0 spiro atoms. The van der Waals surface area contributed by atoms with Gasteiger partial charge >= 0.3 is 5.97 Å². The monoisotopic (exact) mass is 385 g/mol. The number of aromatic carboxylic acids is 1. The number of aryl methyl sites for hydroxylation is 1. The molecule has 27 heavy (non-hydrogen) atoms. The fourth-order valence-corrected chi connectivity index (χ4v) is 3.60. The number of rotatable bonds is 7. The zero-order valence-corrected chi connectivity index (χ0v) is 16.3. The predicted octanol–water partition coefficient (Wildman–Crippen LogP) is 4.53. The summed E-state index contributed by atoms with van der Waals surface area (Å²) < 4.78 is 0. The molecule has 0 atom stereocenters. The second kappa shape index (κ2) is 8.03. The van der Waals surface area contributed by atoms with Gasteiger partial charge in [-0.3, -0.25) is 0 Å². The van der Waals surface area contributed by atoms with Gasteiger partial charge in [0.2, 0.25) is 0 Å². The molecule has 3 aromatic rings. The number of fused-ring (bicyclic) bond motifs is 1. The first-order chi connectivity index (χ1) is 12.9. The molecule has 0 aliphatic heterocycles. The number of unbranched alkanes of at least 4 members (excludes halogenated alkanes) is 1. The van der Waals surface area contributed by atoms with Crippen molar-refractivity contribution in [3.63, 3.8) is 0 Å². The average Bonchev–Trinajstić information content (AvgIpc) is 3.02. The molecule has 4 N–H and O–H groups in total. The Morgan fingerprint density at radius 1 is 1.22 bits per heavy atom. The van der Waals surface area contributed by atoms with Crippen LogP contribution < -0.4 is 10.6 Å². The van der Waals surface area contributed by atoms with Crippen LogP contribution in [0.2, 0.25) is 5.02 Å². The van der Waals surface area contributed by atoms with Gasteiger partial charge in [0.15, 0.2) is 0 Å². The molecular formula is C21H24ClN3O2. The van der Waals surface area contributed by atoms with E-state index in [1.165, 1.54) is 0 Å². The number of H-pyrrole nitrogens is 1. The van der Waals surface area contributed by atoms with Crippen molar-refractivity contribution in [1.82, 2.24) is 4.98 Å². The van der Waals surface area contributed by atoms with E-state index in [0.717, 1.165) is 41.8 Å². The molecule has 6 heteroatoms. The highest BCUT2D eigenvalue weighted by atomic mass is 35.5. The Balaban J connectivity index is 2.26. The van der Waals surface area contributed by atoms with Gasteiger partial charge in [0.05, 0.1) is 16.1 Å². The van der Waals surface area contributed by atoms with Gasteiger partial charge in [-0.25, -0.2) is 4.79 Å². The maximum Gasteiger partial charge on any atom is 0.336 e. The lowest BCUT2D eigenvalue weighted by Gasteiger charge is -2.14. The van der Waals surface area contributed by atoms with Crippen molar-refractivity contribution in [2.75, 3.05) is 25.5 Å². The first-order valence-electron chi connectivity index (χ1n) is 8.98. The van der Waals surface area contributed by atoms with Crippen LogP contribution in [0.25, 0.3) is 22.2 Å². The molecule has 0 unspecified atom stereocenters. The summed E-state index contributed by atoms with van der Waals surface area (Å²) in [6.45, 7) is 0.611. The summed E-state index contributed by atoms with van der Waals surface area (Å²) in [5, 5.41) is 10.9. The Morgan fingerprint density at radius 3 is 2.67 bits per heavy atom. The van der Waals surface area contributed by atoms with Gasteiger partial charge in [-0.05, 0) is 55.6 Å². The topological polar surface area (TPSA) is 82.3 Å². The average molecular weight is 386 g/mol. The quantitative estimate of drug-likeness (QED) is 0.521. The minimum absolute atomic E-state index is 0.267. The second-order valence-corrected chi connectivity index (χ2v) is 7.23. The number of nitrogens with one attached hydrogen (secondary N) is 1. The van der Waals surface area contributed by atoms with Crippen LogP contribution in [0.3, 0.4) is 0 Å². The number of aromatic amines is 1. The van der Waals surface area contributed by atoms with Crippen molar-refractivity contribution in [3.05, 3.63) is 52.5 Å². The van der Waals surface area contributed by atoms with E-state index in [-0.39, 0.29) is 5.56 Å². The molecule has 0 saturated heterocycles. The summed E-state index contributed by atoms with van der Waals surface area (Å²) in [6.07, 6.45) is 2.50. The molecule has 1 heterocycles. The molecule has 0 bridgehead atoms. The molecule has 3 rings (SSSR count). The lowest BCUT2D eigenvalue weighted by molar-refractivity contribution is 0.0699. The molecule has 5 nitrogen and oxygen atoms in total. The maximum atomic E-state index is 11.8. The second-order valence-electron chi connectivity index (χ2n) is 6.82. The summed E-state index contributed by atoms with van der Waals surface area (Å²) >= 11 is 6.40. The van der Waals surface area contributed by atoms with Crippen LogP contribution >= 0.6 is 11.6 Å². The van der Waals surface area contributed by atoms with Gasteiger partial charge in [0, 0.05) is 36.4 Å². The highest BCUT2D eigenvalue weighted by Crippen LogP contribution is 2.37. The van der Waals surface area contributed by atoms with Crippen LogP contribution in [0.15, 0.2) is 36.4 Å². The number of nitrogens with two attached hydrogens (primary N) is 1. The fourth-order valence-electron chi connectivity index (χ4n) is 3.40. The normalized spacial score (nSPS) is 11.1. The van der Waals surface area contributed by atoms with Crippen molar-refractivity contribution in [3.8, 4) is 11.3 Å². The lowest BCUT2D eigenvalue weighted by atomic mass is 9.97. The van der Waals surface area contributed by atoms with Crippen LogP contribution in [0.4, 0.5) is 5.69 Å². The van der Waals surface area contributed by atoms with Gasteiger partial charge in [0.25, 0.3) is 0 Å². The van der Waals surface area contributed by atoms with E-state index in [1.807, 2.05) is 37.2 Å². The van der Waals surface area contributed by atoms with Gasteiger partial charge in [-0.2, -0.15) is 0 Å². The first kappa shape index (κ1) is 19.3. The number of anilines is 1. The summed E-state index contributed by atoms with van der Waals surface area (Å²) in [4.78, 5) is 17.2. The predicted molar refractivity (Wildman–Crippen MR) is 112 cm³/mol. The number of aromatic nitrogens is 1. The van der Waals surface area contributed by atoms with E-state index in [9.17, 15) is 9.90 Å². The van der Waals surface area contributed by atoms with Crippen molar-refractivity contribution in [2.24, 2.45) is 5.73 Å². The Kier molecular flexibility index (Phi) is 5.73. The number of hydrogen-bond donors (Lipinski definition) is 3. The number of hydrogen-bond acceptors (Lipinski definition) is 3. The maximum absolute atomic E-state index is 11.8. The number of nitrogens with zero attached hydrogens (tertiary/aromatic N) is 1. The Labute approximate surface area is 163 Å². The van der Waals surface area contributed by atoms with E-state index < -0.39 is 5.97 Å². The highest BCUT2D eigenvalue weighted by molar-refractivity contribution is 6.36. The SMILES string of the molecule is CN(C)c1cccc(-c2[nH]c3c(Cl)ccc(C(=O)O)c3c2CCCCN)c1. The third-order valence-corrected chi connectivity index (χ3v) is 5.09. The zero-order chi connectivity index (χ0) is 19.6. The minimum atomic E-state index is -0.954. The van der Waals surface area contributed by atoms with Crippen molar-refractivity contribution < 1.29 is 9.90 Å². The van der Waals surface area contributed by atoms with Crippen LogP contribution in [-0.4, -0.2) is 36.7 Å². The molecule has 0 radical (unpaired) electrons. The third kappa shape index (κ3) is 3.80. The van der Waals surface area contributed by atoms with Crippen LogP contribution in [-0.2, 0) is 6.42 Å². The molecule has 142 valence electrons. The van der Waals surface area contributed by atoms with Gasteiger partial charge < -0.3 is 20.7 Å². The minimum Gasteiger partial charge on any atom is -0.478 e. The number of carboxylic acids is 1. The van der Waals surface area contributed by atoms with E-state index >= 15 is 0 Å². The largest absolute Gasteiger partial charge is 0.478 e. The molecule has 1 aromatic heterocycles. The Morgan fingerprint density at radius 2 is 2.00 bits per heavy atom. The van der Waals surface area contributed by atoms with E-state index in [4.69, 9.17) is 17.3 Å². The van der Waals surface area contributed by atoms with Gasteiger partial charge in [0.1, 0.15) is 0 Å². The number of halogens is 1. The van der Waals surface area contributed by atoms with E-state index in [2.05, 4.69) is 11.1 Å². The standard InChI is InChI=1S/C21H24ClN3O2/c1-25(2)14-7-5-6-13(12-14)19-15(8-3-4-11-23)18-16(21(26)27)9-10-17(22)20(18)24-19/h5-7,9-10,12,24H,3-4,8,11,23H2,1-2H3,(H,26,27). The zero-order valence-electron chi connectivity index (χ0n) is 15.6. The lowest BCUT2D eigenvalue weighted by Crippen LogP contribution is -2.08. The van der Waals surface area contributed by atoms with Crippen LogP contribution in [0, 0.1) is 0 Å². The number of carbonyl (C=O) groups is 1. The summed E-state index contributed by atoms with van der Waals surface area (Å²) in [5.41, 5.74) is 10.6. The Bertz CT molecular complexity index is 979. The van der Waals surface area contributed by atoms with Crippen LogP contribution in [0.1, 0.15) is 28.8 Å². The molecule has 0 saturated carbocycles. The first-order valence-corrected chi connectivity index (χ1v) is 9.36. The Hall–Kier alpha value is -2.50. The number of benzene rings is 2. The molecule has 2 aromatic carbocycles. The molecule has 0 aliphatic carbocycles. The summed E-state index contributed by atoms with van der Waals surface area (Å²) in [7, 11) is 3.98. The summed E-state index contributed by atoms with van der Waals surface area (Å²) in [6, 6.07) is 11.4. The van der Waals surface area contributed by atoms with Crippen molar-refractivity contribution in [1.29, 1.82) is 0 Å². The van der Waals surface area contributed by atoms with E-state index in [1.54, 1.807) is 12.1 Å². The third-order valence-electron chi connectivity index (χ3n) is 4.77. The van der Waals surface area contributed by atoms with Gasteiger partial charge in [-0.15, -0.1) is 0 Å². The number of carboxylic acid groups (broad SMARTS) is 1. The highest BCUT2D eigenvalue weighted by Gasteiger charge is 2.21. The van der Waals surface area contributed by atoms with Crippen molar-refractivity contribution in [2.45, 2.75) is 19.3 Å². The molecular weight excluding hydrogens is 362 g/mol. The fraction of sp³-hybridized carbons (Fsp3) is 0.286. The van der Waals surface area contributed by atoms with Crippen LogP contribution in [0.5, 0.6) is 0 Å². The summed E-state index contributed by atoms with van der Waals surface area (Å²) in [5.74, 6) is -0.954. The molecule has 0 fully saturated rings. The smallest absolute Gasteiger partial charge is 0.336 e.